The molecule has 0 radical (unpaired) electrons. The van der Waals surface area contributed by atoms with E-state index < -0.39 is 0 Å². The number of hydrogen-bond donors (Lipinski definition) is 2. The lowest BCUT2D eigenvalue weighted by Crippen LogP contribution is -2.34. The number of nitrogens with zero attached hydrogens (tertiary/aromatic N) is 2. The van der Waals surface area contributed by atoms with Crippen molar-refractivity contribution in [1.29, 1.82) is 0 Å². The van der Waals surface area contributed by atoms with Gasteiger partial charge in [0.05, 0.1) is 0 Å². The maximum Gasteiger partial charge on any atom is 0.330 e. The summed E-state index contributed by atoms with van der Waals surface area (Å²) in [6.45, 7) is 6.58. The van der Waals surface area contributed by atoms with Crippen molar-refractivity contribution >= 4 is 11.2 Å². The van der Waals surface area contributed by atoms with Gasteiger partial charge >= 0.3 is 5.69 Å². The quantitative estimate of drug-likeness (QED) is 0.849. The highest BCUT2D eigenvalue weighted by molar-refractivity contribution is 5.68. The van der Waals surface area contributed by atoms with Gasteiger partial charge in [0.25, 0.3) is 5.56 Å². The van der Waals surface area contributed by atoms with Crippen LogP contribution in [0.25, 0.3) is 11.2 Å². The maximum absolute atomic E-state index is 12.3. The van der Waals surface area contributed by atoms with Gasteiger partial charge < -0.3 is 4.98 Å². The summed E-state index contributed by atoms with van der Waals surface area (Å²) in [5, 5.41) is 0. The van der Waals surface area contributed by atoms with Gasteiger partial charge in [0.1, 0.15) is 11.3 Å². The number of hydrogen-bond acceptors (Lipinski definition) is 3. The van der Waals surface area contributed by atoms with Crippen molar-refractivity contribution in [2.24, 2.45) is 0 Å². The predicted molar refractivity (Wildman–Crippen MR) is 79.2 cm³/mol. The molecule has 2 heterocycles. The number of fused-ring (bicyclic) bond motifs is 1. The fourth-order valence-electron chi connectivity index (χ4n) is 2.54. The summed E-state index contributed by atoms with van der Waals surface area (Å²) < 4.78 is 1.23. The van der Waals surface area contributed by atoms with Crippen molar-refractivity contribution < 1.29 is 0 Å². The normalized spacial score (nSPS) is 12.9. The Bertz CT molecular complexity index is 695. The van der Waals surface area contributed by atoms with Gasteiger partial charge in [-0.15, -0.1) is 0 Å². The van der Waals surface area contributed by atoms with Crippen LogP contribution in [0.4, 0.5) is 0 Å². The fourth-order valence-corrected chi connectivity index (χ4v) is 2.54. The third-order valence-corrected chi connectivity index (χ3v) is 3.62. The van der Waals surface area contributed by atoms with Gasteiger partial charge in [-0.25, -0.2) is 9.78 Å². The molecule has 0 amide bonds. The minimum Gasteiger partial charge on any atom is -0.336 e. The van der Waals surface area contributed by atoms with Crippen molar-refractivity contribution in [2.75, 3.05) is 0 Å². The molecule has 2 aromatic rings. The number of H-pyrrole nitrogens is 2. The summed E-state index contributed by atoms with van der Waals surface area (Å²) in [4.78, 5) is 34.4. The zero-order valence-corrected chi connectivity index (χ0v) is 12.3. The molecule has 0 spiro atoms. The van der Waals surface area contributed by atoms with E-state index in [-0.39, 0.29) is 11.2 Å². The van der Waals surface area contributed by atoms with Gasteiger partial charge in [-0.05, 0) is 19.3 Å². The number of imidazole rings is 1. The van der Waals surface area contributed by atoms with Gasteiger partial charge in [-0.3, -0.25) is 14.3 Å². The van der Waals surface area contributed by atoms with E-state index in [0.29, 0.717) is 23.6 Å². The summed E-state index contributed by atoms with van der Waals surface area (Å²) in [5.74, 6) is 1.10. The number of aromatic nitrogens is 4. The molecule has 0 fully saturated rings. The molecule has 1 unspecified atom stereocenters. The van der Waals surface area contributed by atoms with Crippen LogP contribution in [-0.4, -0.2) is 19.5 Å². The standard InChI is InChI=1S/C14H22N4O2/c1-4-7-9(6-3)11-15-10-12(16-11)17-14(20)18(8-5-2)13(10)19/h9H,4-8H2,1-3H3,(H,15,16)(H,17,20). The second-order valence-electron chi connectivity index (χ2n) is 5.13. The van der Waals surface area contributed by atoms with Gasteiger partial charge in [-0.2, -0.15) is 0 Å². The van der Waals surface area contributed by atoms with E-state index >= 15 is 0 Å². The first-order valence-corrected chi connectivity index (χ1v) is 7.35. The highest BCUT2D eigenvalue weighted by atomic mass is 16.2. The molecule has 0 aliphatic heterocycles. The highest BCUT2D eigenvalue weighted by Crippen LogP contribution is 2.22. The van der Waals surface area contributed by atoms with E-state index in [1.54, 1.807) is 0 Å². The van der Waals surface area contributed by atoms with Gasteiger partial charge in [0.2, 0.25) is 0 Å². The Labute approximate surface area is 117 Å². The average molecular weight is 278 g/mol. The Hall–Kier alpha value is -1.85. The van der Waals surface area contributed by atoms with Crippen LogP contribution >= 0.6 is 0 Å². The lowest BCUT2D eigenvalue weighted by atomic mass is 10.0. The molecular formula is C14H22N4O2. The smallest absolute Gasteiger partial charge is 0.330 e. The van der Waals surface area contributed by atoms with Crippen LogP contribution in [0.3, 0.4) is 0 Å². The largest absolute Gasteiger partial charge is 0.336 e. The summed E-state index contributed by atoms with van der Waals surface area (Å²) >= 11 is 0. The molecule has 20 heavy (non-hydrogen) atoms. The zero-order chi connectivity index (χ0) is 14.7. The Kier molecular flexibility index (Phi) is 4.42. The monoisotopic (exact) mass is 278 g/mol. The summed E-state index contributed by atoms with van der Waals surface area (Å²) in [6, 6.07) is 0. The molecule has 2 N–H and O–H groups in total. The van der Waals surface area contributed by atoms with Crippen LogP contribution in [0.15, 0.2) is 9.59 Å². The van der Waals surface area contributed by atoms with E-state index in [0.717, 1.165) is 31.5 Å². The van der Waals surface area contributed by atoms with E-state index in [1.165, 1.54) is 4.57 Å². The molecule has 110 valence electrons. The molecule has 0 saturated carbocycles. The number of aromatic amines is 2. The van der Waals surface area contributed by atoms with E-state index in [4.69, 9.17) is 0 Å². The molecular weight excluding hydrogens is 256 g/mol. The Morgan fingerprint density at radius 3 is 2.50 bits per heavy atom. The molecule has 6 heteroatoms. The van der Waals surface area contributed by atoms with Gasteiger partial charge in [0.15, 0.2) is 5.65 Å². The van der Waals surface area contributed by atoms with Crippen molar-refractivity contribution in [2.45, 2.75) is 58.9 Å². The fraction of sp³-hybridized carbons (Fsp3) is 0.643. The predicted octanol–water partition coefficient (Wildman–Crippen LogP) is 2.12. The second-order valence-corrected chi connectivity index (χ2v) is 5.13. The maximum atomic E-state index is 12.3. The molecule has 6 nitrogen and oxygen atoms in total. The summed E-state index contributed by atoms with van der Waals surface area (Å²) in [6.07, 6.45) is 3.78. The molecule has 0 saturated heterocycles. The molecule has 1 atom stereocenters. The SMILES string of the molecule is CCCC(CC)c1nc2[nH]c(=O)n(CCC)c(=O)c2[nH]1. The van der Waals surface area contributed by atoms with Crippen LogP contribution in [-0.2, 0) is 6.54 Å². The molecule has 0 aliphatic carbocycles. The van der Waals surface area contributed by atoms with Crippen LogP contribution < -0.4 is 11.2 Å². The van der Waals surface area contributed by atoms with Crippen molar-refractivity contribution in [3.05, 3.63) is 26.7 Å². The van der Waals surface area contributed by atoms with E-state index in [9.17, 15) is 9.59 Å². The first kappa shape index (κ1) is 14.6. The van der Waals surface area contributed by atoms with Crippen molar-refractivity contribution in [1.82, 2.24) is 19.5 Å². The van der Waals surface area contributed by atoms with Crippen LogP contribution in [0.5, 0.6) is 0 Å². The number of rotatable bonds is 6. The molecule has 2 rings (SSSR count). The first-order chi connectivity index (χ1) is 9.62. The minimum absolute atomic E-state index is 0.282. The Balaban J connectivity index is 2.57. The van der Waals surface area contributed by atoms with Gasteiger partial charge in [0, 0.05) is 12.5 Å². The molecule has 0 aromatic carbocycles. The average Bonchev–Trinajstić information content (AvgIpc) is 2.84. The number of nitrogens with one attached hydrogen (secondary N) is 2. The highest BCUT2D eigenvalue weighted by Gasteiger charge is 2.16. The van der Waals surface area contributed by atoms with Crippen LogP contribution in [0.1, 0.15) is 58.2 Å². The minimum atomic E-state index is -0.383. The zero-order valence-electron chi connectivity index (χ0n) is 12.3. The first-order valence-electron chi connectivity index (χ1n) is 7.35. The van der Waals surface area contributed by atoms with Crippen LogP contribution in [0, 0.1) is 0 Å². The van der Waals surface area contributed by atoms with E-state index in [1.807, 2.05) is 6.92 Å². The third-order valence-electron chi connectivity index (χ3n) is 3.62. The molecule has 0 bridgehead atoms. The van der Waals surface area contributed by atoms with E-state index in [2.05, 4.69) is 28.8 Å². The topological polar surface area (TPSA) is 83.5 Å². The van der Waals surface area contributed by atoms with Crippen LogP contribution in [0.2, 0.25) is 0 Å². The lowest BCUT2D eigenvalue weighted by Gasteiger charge is -2.09. The Morgan fingerprint density at radius 2 is 1.90 bits per heavy atom. The van der Waals surface area contributed by atoms with Crippen molar-refractivity contribution in [3.63, 3.8) is 0 Å². The molecule has 2 aromatic heterocycles. The second kappa shape index (κ2) is 6.07. The third kappa shape index (κ3) is 2.55. The summed E-state index contributed by atoms with van der Waals surface area (Å²) in [7, 11) is 0. The Morgan fingerprint density at radius 1 is 1.15 bits per heavy atom. The molecule has 0 aliphatic rings. The van der Waals surface area contributed by atoms with Crippen molar-refractivity contribution in [3.8, 4) is 0 Å². The summed E-state index contributed by atoms with van der Waals surface area (Å²) in [5.41, 5.74) is 0.112. The van der Waals surface area contributed by atoms with Gasteiger partial charge in [-0.1, -0.05) is 27.2 Å². The lowest BCUT2D eigenvalue weighted by molar-refractivity contribution is 0.571.